The number of hydrogen-bond donors (Lipinski definition) is 0. The molecule has 0 aromatic carbocycles. The molecule has 1 heterocycles. The standard InChI is InChI=1S/C8H12NO2/c1-10-8-11-7-9-5-3-2-4-6-9/h2-6H,7-8H2,1H3/q+1. The summed E-state index contributed by atoms with van der Waals surface area (Å²) in [4.78, 5) is 0. The average molecular weight is 154 g/mol. The predicted molar refractivity (Wildman–Crippen MR) is 39.6 cm³/mol. The fraction of sp³-hybridized carbons (Fsp3) is 0.375. The Hall–Kier alpha value is -0.930. The van der Waals surface area contributed by atoms with Gasteiger partial charge in [0.05, 0.1) is 0 Å². The van der Waals surface area contributed by atoms with Gasteiger partial charge >= 0.3 is 0 Å². The number of methoxy groups -OCH3 is 1. The molecule has 3 nitrogen and oxygen atoms in total. The summed E-state index contributed by atoms with van der Waals surface area (Å²) in [6.07, 6.45) is 3.88. The van der Waals surface area contributed by atoms with Crippen molar-refractivity contribution in [2.45, 2.75) is 6.73 Å². The summed E-state index contributed by atoms with van der Waals surface area (Å²) in [5.41, 5.74) is 0. The number of pyridine rings is 1. The van der Waals surface area contributed by atoms with Crippen LogP contribution in [0.5, 0.6) is 0 Å². The van der Waals surface area contributed by atoms with Crippen LogP contribution in [0.3, 0.4) is 0 Å². The lowest BCUT2D eigenvalue weighted by Gasteiger charge is -1.97. The first-order valence-corrected chi connectivity index (χ1v) is 3.44. The van der Waals surface area contributed by atoms with Crippen LogP contribution in [0.15, 0.2) is 30.6 Å². The van der Waals surface area contributed by atoms with Crippen molar-refractivity contribution in [3.8, 4) is 0 Å². The highest BCUT2D eigenvalue weighted by Gasteiger charge is 1.94. The van der Waals surface area contributed by atoms with E-state index in [1.54, 1.807) is 7.11 Å². The molecule has 0 unspecified atom stereocenters. The number of aromatic nitrogens is 1. The maximum Gasteiger partial charge on any atom is 0.254 e. The lowest BCUT2D eigenvalue weighted by atomic mass is 10.5. The molecule has 0 aliphatic rings. The molecule has 60 valence electrons. The molecule has 1 aromatic rings. The van der Waals surface area contributed by atoms with Gasteiger partial charge in [0.15, 0.2) is 19.2 Å². The Kier molecular flexibility index (Phi) is 3.58. The Labute approximate surface area is 66.2 Å². The van der Waals surface area contributed by atoms with Crippen molar-refractivity contribution in [1.82, 2.24) is 0 Å². The molecule has 1 rings (SSSR count). The maximum absolute atomic E-state index is 5.11. The van der Waals surface area contributed by atoms with Gasteiger partial charge in [-0.25, -0.2) is 0 Å². The van der Waals surface area contributed by atoms with Crippen LogP contribution in [0.2, 0.25) is 0 Å². The van der Waals surface area contributed by atoms with Gasteiger partial charge in [-0.1, -0.05) is 6.07 Å². The zero-order valence-corrected chi connectivity index (χ0v) is 6.56. The Morgan fingerprint density at radius 1 is 1.18 bits per heavy atom. The fourth-order valence-corrected chi connectivity index (χ4v) is 0.746. The zero-order valence-electron chi connectivity index (χ0n) is 6.56. The molecule has 0 aliphatic heterocycles. The van der Waals surface area contributed by atoms with Crippen molar-refractivity contribution < 1.29 is 14.0 Å². The van der Waals surface area contributed by atoms with E-state index >= 15 is 0 Å². The van der Waals surface area contributed by atoms with E-state index in [2.05, 4.69) is 0 Å². The van der Waals surface area contributed by atoms with E-state index in [1.807, 2.05) is 35.2 Å². The Bertz CT molecular complexity index is 189. The van der Waals surface area contributed by atoms with Crippen molar-refractivity contribution in [3.63, 3.8) is 0 Å². The molecule has 3 heteroatoms. The van der Waals surface area contributed by atoms with Gasteiger partial charge in [-0.05, 0) is 0 Å². The zero-order chi connectivity index (χ0) is 7.94. The first-order valence-electron chi connectivity index (χ1n) is 3.44. The third-order valence-corrected chi connectivity index (χ3v) is 1.22. The number of nitrogens with zero attached hydrogens (tertiary/aromatic N) is 1. The Morgan fingerprint density at radius 2 is 1.91 bits per heavy atom. The van der Waals surface area contributed by atoms with Gasteiger partial charge in [0.1, 0.15) is 0 Å². The minimum atomic E-state index is 0.335. The van der Waals surface area contributed by atoms with Crippen LogP contribution in [0, 0.1) is 0 Å². The third-order valence-electron chi connectivity index (χ3n) is 1.22. The van der Waals surface area contributed by atoms with Gasteiger partial charge < -0.3 is 4.74 Å². The van der Waals surface area contributed by atoms with Crippen LogP contribution in [-0.4, -0.2) is 13.9 Å². The summed E-state index contributed by atoms with van der Waals surface area (Å²) in [6.45, 7) is 0.872. The van der Waals surface area contributed by atoms with E-state index in [4.69, 9.17) is 9.47 Å². The smallest absolute Gasteiger partial charge is 0.254 e. The third kappa shape index (κ3) is 3.11. The summed E-state index contributed by atoms with van der Waals surface area (Å²) in [6, 6.07) is 5.87. The van der Waals surface area contributed by atoms with Gasteiger partial charge in [0.25, 0.3) is 6.73 Å². The summed E-state index contributed by atoms with van der Waals surface area (Å²) in [5, 5.41) is 0. The van der Waals surface area contributed by atoms with E-state index in [0.29, 0.717) is 13.5 Å². The average Bonchev–Trinajstić information content (AvgIpc) is 2.07. The molecule has 0 amide bonds. The van der Waals surface area contributed by atoms with Crippen molar-refractivity contribution >= 4 is 0 Å². The van der Waals surface area contributed by atoms with E-state index < -0.39 is 0 Å². The van der Waals surface area contributed by atoms with Crippen LogP contribution in [0.25, 0.3) is 0 Å². The molecule has 1 aromatic heterocycles. The summed E-state index contributed by atoms with van der Waals surface area (Å²) < 4.78 is 11.8. The van der Waals surface area contributed by atoms with Gasteiger partial charge in [-0.3, -0.25) is 4.74 Å². The fourth-order valence-electron chi connectivity index (χ4n) is 0.746. The normalized spacial score (nSPS) is 9.91. The molecule has 0 saturated heterocycles. The number of rotatable bonds is 4. The largest absolute Gasteiger partial charge is 0.358 e. The molecule has 0 N–H and O–H groups in total. The monoisotopic (exact) mass is 154 g/mol. The van der Waals surface area contributed by atoms with Crippen LogP contribution in [0.1, 0.15) is 0 Å². The minimum absolute atomic E-state index is 0.335. The lowest BCUT2D eigenvalue weighted by Crippen LogP contribution is -2.34. The minimum Gasteiger partial charge on any atom is -0.358 e. The number of hydrogen-bond acceptors (Lipinski definition) is 2. The lowest BCUT2D eigenvalue weighted by molar-refractivity contribution is -0.734. The maximum atomic E-state index is 5.11. The quantitative estimate of drug-likeness (QED) is 0.359. The van der Waals surface area contributed by atoms with Crippen LogP contribution in [-0.2, 0) is 16.2 Å². The summed E-state index contributed by atoms with van der Waals surface area (Å²) in [7, 11) is 1.61. The molecule has 0 atom stereocenters. The van der Waals surface area contributed by atoms with Gasteiger partial charge in [-0.15, -0.1) is 0 Å². The molecule has 0 fully saturated rings. The van der Waals surface area contributed by atoms with Crippen LogP contribution >= 0.6 is 0 Å². The predicted octanol–water partition coefficient (Wildman–Crippen LogP) is 0.552. The van der Waals surface area contributed by atoms with E-state index in [0.717, 1.165) is 0 Å². The number of ether oxygens (including phenoxy) is 2. The second kappa shape index (κ2) is 4.82. The molecule has 0 aliphatic carbocycles. The van der Waals surface area contributed by atoms with Crippen molar-refractivity contribution in [2.24, 2.45) is 0 Å². The van der Waals surface area contributed by atoms with Gasteiger partial charge in [0, 0.05) is 19.2 Å². The van der Waals surface area contributed by atoms with E-state index in [1.165, 1.54) is 0 Å². The summed E-state index contributed by atoms with van der Waals surface area (Å²) >= 11 is 0. The topological polar surface area (TPSA) is 22.3 Å². The molecule has 0 saturated carbocycles. The van der Waals surface area contributed by atoms with E-state index in [-0.39, 0.29) is 0 Å². The van der Waals surface area contributed by atoms with Crippen LogP contribution in [0.4, 0.5) is 0 Å². The van der Waals surface area contributed by atoms with Crippen molar-refractivity contribution in [2.75, 3.05) is 13.9 Å². The molecule has 11 heavy (non-hydrogen) atoms. The van der Waals surface area contributed by atoms with Crippen LogP contribution < -0.4 is 4.57 Å². The van der Waals surface area contributed by atoms with Crippen molar-refractivity contribution in [1.29, 1.82) is 0 Å². The van der Waals surface area contributed by atoms with Crippen molar-refractivity contribution in [3.05, 3.63) is 30.6 Å². The SMILES string of the molecule is COCOC[n+]1ccccc1. The highest BCUT2D eigenvalue weighted by Crippen LogP contribution is 1.78. The first kappa shape index (κ1) is 8.17. The van der Waals surface area contributed by atoms with Gasteiger partial charge in [0.2, 0.25) is 0 Å². The molecular formula is C8H12NO2+. The first-order chi connectivity index (χ1) is 5.43. The molecular weight excluding hydrogens is 142 g/mol. The Balaban J connectivity index is 2.28. The molecule has 0 bridgehead atoms. The second-order valence-corrected chi connectivity index (χ2v) is 2.13. The summed E-state index contributed by atoms with van der Waals surface area (Å²) in [5.74, 6) is 0. The van der Waals surface area contributed by atoms with E-state index in [9.17, 15) is 0 Å². The van der Waals surface area contributed by atoms with Gasteiger partial charge in [-0.2, -0.15) is 4.57 Å². The highest BCUT2D eigenvalue weighted by atomic mass is 16.7. The Morgan fingerprint density at radius 3 is 2.55 bits per heavy atom. The molecule has 0 radical (unpaired) electrons. The second-order valence-electron chi connectivity index (χ2n) is 2.13. The highest BCUT2D eigenvalue weighted by molar-refractivity contribution is 4.83. The molecule has 0 spiro atoms.